The molecule has 0 saturated carbocycles. The van der Waals surface area contributed by atoms with Crippen LogP contribution in [-0.2, 0) is 19.5 Å². The molecule has 160 valence electrons. The maximum Gasteiger partial charge on any atom is 0.336 e. The van der Waals surface area contributed by atoms with Gasteiger partial charge in [-0.25, -0.2) is 9.59 Å². The van der Waals surface area contributed by atoms with Crippen LogP contribution >= 0.6 is 0 Å². The standard InChI is InChI=1S/C26H28N2O3/c1-4-5-8-22-18-27(16-15-19(2)3)26(31)28(22)17-20-11-13-21(14-12-20)23-9-6-7-10-24(23)25(29)30/h1,6-7,9-14,18-19H,5,8,15-17H2,2-3H3,(H,29,30). The highest BCUT2D eigenvalue weighted by atomic mass is 16.4. The summed E-state index contributed by atoms with van der Waals surface area (Å²) in [6, 6.07) is 14.6. The fourth-order valence-corrected chi connectivity index (χ4v) is 3.60. The second-order valence-electron chi connectivity index (χ2n) is 8.12. The van der Waals surface area contributed by atoms with Crippen LogP contribution in [-0.4, -0.2) is 20.2 Å². The number of carbonyl (C=O) groups is 1. The third-order valence-electron chi connectivity index (χ3n) is 5.36. The zero-order chi connectivity index (χ0) is 22.4. The Morgan fingerprint density at radius 2 is 1.84 bits per heavy atom. The number of imidazole rings is 1. The first kappa shape index (κ1) is 22.2. The van der Waals surface area contributed by atoms with Gasteiger partial charge < -0.3 is 5.11 Å². The molecular formula is C26H28N2O3. The summed E-state index contributed by atoms with van der Waals surface area (Å²) in [5.74, 6) is 2.22. The first-order valence-corrected chi connectivity index (χ1v) is 10.5. The molecule has 2 aromatic carbocycles. The zero-order valence-electron chi connectivity index (χ0n) is 18.0. The van der Waals surface area contributed by atoms with E-state index in [1.54, 1.807) is 27.3 Å². The van der Waals surface area contributed by atoms with E-state index in [2.05, 4.69) is 19.8 Å². The molecule has 0 bridgehead atoms. The summed E-state index contributed by atoms with van der Waals surface area (Å²) in [5.41, 5.74) is 3.66. The maximum atomic E-state index is 13.0. The molecule has 1 N–H and O–H groups in total. The third kappa shape index (κ3) is 5.35. The molecule has 1 heterocycles. The minimum atomic E-state index is -0.952. The molecule has 0 spiro atoms. The van der Waals surface area contributed by atoms with Gasteiger partial charge in [0.1, 0.15) is 0 Å². The van der Waals surface area contributed by atoms with E-state index in [0.717, 1.165) is 23.2 Å². The average Bonchev–Trinajstić information content (AvgIpc) is 3.06. The molecule has 3 rings (SSSR count). The number of hydrogen-bond donors (Lipinski definition) is 1. The molecule has 0 aliphatic heterocycles. The van der Waals surface area contributed by atoms with Crippen LogP contribution in [0.2, 0.25) is 0 Å². The van der Waals surface area contributed by atoms with Crippen molar-refractivity contribution in [1.82, 2.24) is 9.13 Å². The number of carboxylic acid groups (broad SMARTS) is 1. The molecule has 0 atom stereocenters. The smallest absolute Gasteiger partial charge is 0.336 e. The van der Waals surface area contributed by atoms with Crippen LogP contribution < -0.4 is 5.69 Å². The first-order chi connectivity index (χ1) is 14.9. The van der Waals surface area contributed by atoms with Gasteiger partial charge in [0.15, 0.2) is 0 Å². The quantitative estimate of drug-likeness (QED) is 0.515. The predicted molar refractivity (Wildman–Crippen MR) is 123 cm³/mol. The Balaban J connectivity index is 1.88. The fourth-order valence-electron chi connectivity index (χ4n) is 3.60. The van der Waals surface area contributed by atoms with Crippen LogP contribution in [0.4, 0.5) is 0 Å². The Kier molecular flexibility index (Phi) is 7.15. The second kappa shape index (κ2) is 9.99. The summed E-state index contributed by atoms with van der Waals surface area (Å²) in [7, 11) is 0. The van der Waals surface area contributed by atoms with Gasteiger partial charge in [0.25, 0.3) is 0 Å². The molecule has 5 heteroatoms. The molecule has 0 saturated heterocycles. The summed E-state index contributed by atoms with van der Waals surface area (Å²) in [5, 5.41) is 9.43. The monoisotopic (exact) mass is 416 g/mol. The minimum Gasteiger partial charge on any atom is -0.478 e. The number of benzene rings is 2. The molecule has 31 heavy (non-hydrogen) atoms. The highest BCUT2D eigenvalue weighted by Gasteiger charge is 2.13. The van der Waals surface area contributed by atoms with E-state index < -0.39 is 5.97 Å². The van der Waals surface area contributed by atoms with Crippen molar-refractivity contribution in [1.29, 1.82) is 0 Å². The van der Waals surface area contributed by atoms with E-state index in [0.29, 0.717) is 37.4 Å². The molecule has 0 amide bonds. The summed E-state index contributed by atoms with van der Waals surface area (Å²) in [6.45, 7) is 5.43. The largest absolute Gasteiger partial charge is 0.478 e. The van der Waals surface area contributed by atoms with Gasteiger partial charge >= 0.3 is 11.7 Å². The van der Waals surface area contributed by atoms with Crippen molar-refractivity contribution in [3.63, 3.8) is 0 Å². The second-order valence-corrected chi connectivity index (χ2v) is 8.12. The van der Waals surface area contributed by atoms with Crippen molar-refractivity contribution in [2.24, 2.45) is 5.92 Å². The molecule has 0 aliphatic rings. The molecule has 0 radical (unpaired) electrons. The van der Waals surface area contributed by atoms with Crippen LogP contribution in [0, 0.1) is 18.3 Å². The lowest BCUT2D eigenvalue weighted by Crippen LogP contribution is -2.26. The first-order valence-electron chi connectivity index (χ1n) is 10.5. The van der Waals surface area contributed by atoms with E-state index in [1.165, 1.54) is 0 Å². The van der Waals surface area contributed by atoms with Crippen LogP contribution in [0.3, 0.4) is 0 Å². The van der Waals surface area contributed by atoms with Gasteiger partial charge in [-0.15, -0.1) is 12.3 Å². The lowest BCUT2D eigenvalue weighted by atomic mass is 9.99. The number of aryl methyl sites for hydroxylation is 2. The van der Waals surface area contributed by atoms with Gasteiger partial charge in [0.05, 0.1) is 12.1 Å². The van der Waals surface area contributed by atoms with Gasteiger partial charge in [-0.2, -0.15) is 0 Å². The van der Waals surface area contributed by atoms with Crippen LogP contribution in [0.25, 0.3) is 11.1 Å². The normalized spacial score (nSPS) is 10.9. The number of carboxylic acids is 1. The van der Waals surface area contributed by atoms with Crippen molar-refractivity contribution in [3.05, 3.63) is 82.0 Å². The molecule has 3 aromatic rings. The van der Waals surface area contributed by atoms with Crippen molar-refractivity contribution in [3.8, 4) is 23.5 Å². The highest BCUT2D eigenvalue weighted by molar-refractivity contribution is 5.95. The van der Waals surface area contributed by atoms with Crippen molar-refractivity contribution >= 4 is 5.97 Å². The SMILES string of the molecule is C#CCCc1cn(CCC(C)C)c(=O)n1Cc1ccc(-c2ccccc2C(=O)O)cc1. The number of aromatic carboxylic acids is 1. The summed E-state index contributed by atoms with van der Waals surface area (Å²) in [4.78, 5) is 24.5. The van der Waals surface area contributed by atoms with Crippen LogP contribution in [0.5, 0.6) is 0 Å². The minimum absolute atomic E-state index is 0.0204. The highest BCUT2D eigenvalue weighted by Crippen LogP contribution is 2.24. The van der Waals surface area contributed by atoms with Crippen LogP contribution in [0.15, 0.2) is 59.5 Å². The molecule has 0 fully saturated rings. The summed E-state index contributed by atoms with van der Waals surface area (Å²) >= 11 is 0. The molecule has 5 nitrogen and oxygen atoms in total. The van der Waals surface area contributed by atoms with Crippen molar-refractivity contribution in [2.45, 2.75) is 46.2 Å². The Bertz CT molecular complexity index is 1140. The fraction of sp³-hybridized carbons (Fsp3) is 0.308. The Hall–Kier alpha value is -3.52. The predicted octanol–water partition coefficient (Wildman–Crippen LogP) is 4.68. The molecule has 0 unspecified atom stereocenters. The lowest BCUT2D eigenvalue weighted by Gasteiger charge is -2.09. The third-order valence-corrected chi connectivity index (χ3v) is 5.36. The summed E-state index contributed by atoms with van der Waals surface area (Å²) in [6.07, 6.45) is 9.55. The molecule has 0 aliphatic carbocycles. The van der Waals surface area contributed by atoms with Gasteiger partial charge in [-0.3, -0.25) is 9.13 Å². The topological polar surface area (TPSA) is 64.2 Å². The van der Waals surface area contributed by atoms with Crippen LogP contribution in [0.1, 0.15) is 48.3 Å². The number of terminal acetylenes is 1. The van der Waals surface area contributed by atoms with E-state index in [1.807, 2.05) is 36.5 Å². The van der Waals surface area contributed by atoms with Gasteiger partial charge in [0, 0.05) is 31.3 Å². The Labute approximate surface area is 183 Å². The molecular weight excluding hydrogens is 388 g/mol. The zero-order valence-corrected chi connectivity index (χ0v) is 18.0. The van der Waals surface area contributed by atoms with Crippen molar-refractivity contribution in [2.75, 3.05) is 0 Å². The number of rotatable bonds is 9. The van der Waals surface area contributed by atoms with Gasteiger partial charge in [-0.05, 0) is 35.1 Å². The lowest BCUT2D eigenvalue weighted by molar-refractivity contribution is 0.0697. The number of aromatic nitrogens is 2. The maximum absolute atomic E-state index is 13.0. The Morgan fingerprint density at radius 3 is 2.48 bits per heavy atom. The van der Waals surface area contributed by atoms with E-state index in [-0.39, 0.29) is 11.3 Å². The summed E-state index contributed by atoms with van der Waals surface area (Å²) < 4.78 is 3.57. The van der Waals surface area contributed by atoms with Crippen molar-refractivity contribution < 1.29 is 9.90 Å². The number of hydrogen-bond acceptors (Lipinski definition) is 2. The van der Waals surface area contributed by atoms with E-state index >= 15 is 0 Å². The molecule has 1 aromatic heterocycles. The van der Waals surface area contributed by atoms with Gasteiger partial charge in [0.2, 0.25) is 0 Å². The number of nitrogens with zero attached hydrogens (tertiary/aromatic N) is 2. The van der Waals surface area contributed by atoms with Gasteiger partial charge in [-0.1, -0.05) is 56.3 Å². The average molecular weight is 417 g/mol. The Morgan fingerprint density at radius 1 is 1.13 bits per heavy atom. The van der Waals surface area contributed by atoms with E-state index in [4.69, 9.17) is 6.42 Å². The van der Waals surface area contributed by atoms with E-state index in [9.17, 15) is 14.7 Å².